The second-order valence-electron chi connectivity index (χ2n) is 7.97. The number of alkyl halides is 3. The number of methoxy groups -OCH3 is 1. The minimum absolute atomic E-state index is 0.0372. The third-order valence-corrected chi connectivity index (χ3v) is 5.91. The van der Waals surface area contributed by atoms with Crippen molar-refractivity contribution in [1.29, 1.82) is 0 Å². The molecule has 2 unspecified atom stereocenters. The zero-order valence-corrected chi connectivity index (χ0v) is 17.9. The number of carbonyl (C=O) groups is 2. The van der Waals surface area contributed by atoms with Gasteiger partial charge in [0, 0.05) is 13.0 Å². The molecular weight excluding hydrogens is 413 g/mol. The quantitative estimate of drug-likeness (QED) is 0.422. The van der Waals surface area contributed by atoms with E-state index in [2.05, 4.69) is 0 Å². The largest absolute Gasteiger partial charge is 0.501 e. The lowest BCUT2D eigenvalue weighted by atomic mass is 9.86. The predicted molar refractivity (Wildman–Crippen MR) is 109 cm³/mol. The van der Waals surface area contributed by atoms with Crippen LogP contribution in [-0.2, 0) is 25.5 Å². The molecule has 1 aliphatic carbocycles. The van der Waals surface area contributed by atoms with E-state index in [-0.39, 0.29) is 19.4 Å². The molecule has 0 saturated heterocycles. The summed E-state index contributed by atoms with van der Waals surface area (Å²) in [5.74, 6) is -5.41. The van der Waals surface area contributed by atoms with E-state index in [1.807, 2.05) is 32.0 Å². The molecule has 1 aromatic carbocycles. The van der Waals surface area contributed by atoms with Crippen molar-refractivity contribution >= 4 is 11.8 Å². The first kappa shape index (κ1) is 24.9. The van der Waals surface area contributed by atoms with Crippen LogP contribution >= 0.6 is 0 Å². The van der Waals surface area contributed by atoms with Crippen molar-refractivity contribution < 1.29 is 37.3 Å². The lowest BCUT2D eigenvalue weighted by Gasteiger charge is -2.24. The molecule has 0 spiro atoms. The first-order valence-corrected chi connectivity index (χ1v) is 10.2. The molecule has 8 heteroatoms. The minimum atomic E-state index is -4.67. The lowest BCUT2D eigenvalue weighted by Crippen LogP contribution is -2.37. The molecule has 0 aliphatic heterocycles. The first-order valence-electron chi connectivity index (χ1n) is 10.2. The third kappa shape index (κ3) is 6.56. The number of halogens is 3. The van der Waals surface area contributed by atoms with Crippen LogP contribution in [0.5, 0.6) is 0 Å². The number of hydrogen-bond acceptors (Lipinski definition) is 4. The molecule has 4 atom stereocenters. The van der Waals surface area contributed by atoms with Crippen LogP contribution in [0.3, 0.4) is 0 Å². The zero-order valence-electron chi connectivity index (χ0n) is 17.9. The van der Waals surface area contributed by atoms with Crippen LogP contribution in [0.15, 0.2) is 30.5 Å². The van der Waals surface area contributed by atoms with Crippen LogP contribution in [0.25, 0.3) is 0 Å². The predicted octanol–water partition coefficient (Wildman–Crippen LogP) is 4.64. The minimum Gasteiger partial charge on any atom is -0.501 e. The van der Waals surface area contributed by atoms with Crippen LogP contribution in [0, 0.1) is 31.6 Å². The van der Waals surface area contributed by atoms with Crippen molar-refractivity contribution in [2.45, 2.75) is 51.8 Å². The summed E-state index contributed by atoms with van der Waals surface area (Å²) in [4.78, 5) is 23.3. The summed E-state index contributed by atoms with van der Waals surface area (Å²) in [6, 6.07) is 5.89. The third-order valence-electron chi connectivity index (χ3n) is 5.91. The standard InChI is InChI=1S/C23H29F3O5/c1-14-6-7-16(13-15(14)2)8-9-17-18(5-4-11-31-12-10-19(27)28)22(30-3)20(21(17)29)23(24,25)26/h4,6-7,11,13,17-18,20,22H,5,8-10,12H2,1-3H3,(H,27,28)/b11-4-/t17-,18-,20?,22?/m1/s1. The molecule has 172 valence electrons. The maximum Gasteiger partial charge on any atom is 0.401 e. The van der Waals surface area contributed by atoms with Gasteiger partial charge in [-0.15, -0.1) is 0 Å². The maximum atomic E-state index is 13.6. The summed E-state index contributed by atoms with van der Waals surface area (Å²) in [6.07, 6.45) is -2.34. The van der Waals surface area contributed by atoms with Gasteiger partial charge in [-0.25, -0.2) is 0 Å². The molecule has 0 aromatic heterocycles. The van der Waals surface area contributed by atoms with Crippen molar-refractivity contribution in [3.63, 3.8) is 0 Å². The number of benzene rings is 1. The molecule has 31 heavy (non-hydrogen) atoms. The number of carbonyl (C=O) groups excluding carboxylic acids is 1. The van der Waals surface area contributed by atoms with Gasteiger partial charge in [-0.3, -0.25) is 9.59 Å². The number of aryl methyl sites for hydroxylation is 3. The normalized spacial score (nSPS) is 24.1. The highest BCUT2D eigenvalue weighted by Gasteiger charge is 2.60. The van der Waals surface area contributed by atoms with E-state index in [1.54, 1.807) is 0 Å². The van der Waals surface area contributed by atoms with Gasteiger partial charge >= 0.3 is 12.1 Å². The average molecular weight is 442 g/mol. The highest BCUT2D eigenvalue weighted by Crippen LogP contribution is 2.47. The summed E-state index contributed by atoms with van der Waals surface area (Å²) in [5, 5.41) is 8.60. The number of carboxylic acids is 1. The molecule has 0 bridgehead atoms. The zero-order chi connectivity index (χ0) is 23.2. The molecule has 1 aromatic rings. The van der Waals surface area contributed by atoms with Crippen molar-refractivity contribution in [3.05, 3.63) is 47.2 Å². The SMILES string of the molecule is COC1C(C(F)(F)F)C(=O)[C@H](CCc2ccc(C)c(C)c2)[C@H]1C/C=C\OCCC(=O)O. The van der Waals surface area contributed by atoms with Crippen LogP contribution in [0.2, 0.25) is 0 Å². The molecule has 5 nitrogen and oxygen atoms in total. The molecule has 1 saturated carbocycles. The van der Waals surface area contributed by atoms with Gasteiger partial charge in [-0.1, -0.05) is 18.2 Å². The molecule has 0 radical (unpaired) electrons. The summed E-state index contributed by atoms with van der Waals surface area (Å²) >= 11 is 0. The van der Waals surface area contributed by atoms with Crippen LogP contribution in [-0.4, -0.2) is 42.9 Å². The molecule has 1 N–H and O–H groups in total. The van der Waals surface area contributed by atoms with Gasteiger partial charge in [0.25, 0.3) is 0 Å². The van der Waals surface area contributed by atoms with Gasteiger partial charge in [0.05, 0.1) is 25.4 Å². The fraction of sp³-hybridized carbons (Fsp3) is 0.565. The number of carboxylic acid groups (broad SMARTS) is 1. The van der Waals surface area contributed by atoms with E-state index in [0.29, 0.717) is 12.8 Å². The molecular formula is C23H29F3O5. The monoisotopic (exact) mass is 442 g/mol. The Kier molecular flexibility index (Phi) is 8.68. The summed E-state index contributed by atoms with van der Waals surface area (Å²) in [6.45, 7) is 3.92. The van der Waals surface area contributed by atoms with Crippen molar-refractivity contribution in [3.8, 4) is 0 Å². The Morgan fingerprint density at radius 3 is 2.52 bits per heavy atom. The van der Waals surface area contributed by atoms with Gasteiger partial charge in [-0.2, -0.15) is 13.2 Å². The topological polar surface area (TPSA) is 72.8 Å². The van der Waals surface area contributed by atoms with Gasteiger partial charge in [-0.05, 0) is 61.8 Å². The Hall–Kier alpha value is -2.35. The number of allylic oxidation sites excluding steroid dienone is 1. The highest BCUT2D eigenvalue weighted by molar-refractivity contribution is 5.87. The Morgan fingerprint density at radius 2 is 1.94 bits per heavy atom. The maximum absolute atomic E-state index is 13.6. The summed E-state index contributed by atoms with van der Waals surface area (Å²) < 4.78 is 51.1. The number of ether oxygens (including phenoxy) is 2. The van der Waals surface area contributed by atoms with E-state index >= 15 is 0 Å². The second kappa shape index (κ2) is 10.8. The number of ketones is 1. The molecule has 0 amide bonds. The second-order valence-corrected chi connectivity index (χ2v) is 7.97. The Balaban J connectivity index is 2.15. The Bertz CT molecular complexity index is 803. The number of aliphatic carboxylic acids is 1. The van der Waals surface area contributed by atoms with Gasteiger partial charge in [0.2, 0.25) is 0 Å². The lowest BCUT2D eigenvalue weighted by molar-refractivity contribution is -0.199. The number of rotatable bonds is 10. The van der Waals surface area contributed by atoms with E-state index in [1.165, 1.54) is 19.4 Å². The summed E-state index contributed by atoms with van der Waals surface area (Å²) in [5.41, 5.74) is 3.20. The molecule has 1 aliphatic rings. The fourth-order valence-corrected chi connectivity index (χ4v) is 4.17. The van der Waals surface area contributed by atoms with Crippen molar-refractivity contribution in [1.82, 2.24) is 0 Å². The Morgan fingerprint density at radius 1 is 1.23 bits per heavy atom. The van der Waals surface area contributed by atoms with Gasteiger partial charge in [0.1, 0.15) is 5.92 Å². The van der Waals surface area contributed by atoms with Crippen molar-refractivity contribution in [2.75, 3.05) is 13.7 Å². The van der Waals surface area contributed by atoms with E-state index < -0.39 is 41.8 Å². The number of Topliss-reactive ketones (excluding diaryl/α,β-unsaturated/α-hetero) is 1. The number of hydrogen-bond donors (Lipinski definition) is 1. The van der Waals surface area contributed by atoms with Gasteiger partial charge < -0.3 is 14.6 Å². The smallest absolute Gasteiger partial charge is 0.401 e. The molecule has 1 fully saturated rings. The first-order chi connectivity index (χ1) is 14.6. The Labute approximate surface area is 180 Å². The molecule has 2 rings (SSSR count). The average Bonchev–Trinajstić information content (AvgIpc) is 2.96. The highest BCUT2D eigenvalue weighted by atomic mass is 19.4. The van der Waals surface area contributed by atoms with Crippen LogP contribution in [0.1, 0.15) is 36.0 Å². The van der Waals surface area contributed by atoms with Crippen molar-refractivity contribution in [2.24, 2.45) is 17.8 Å². The van der Waals surface area contributed by atoms with Crippen LogP contribution in [0.4, 0.5) is 13.2 Å². The van der Waals surface area contributed by atoms with E-state index in [0.717, 1.165) is 16.7 Å². The summed E-state index contributed by atoms with van der Waals surface area (Å²) in [7, 11) is 1.20. The van der Waals surface area contributed by atoms with E-state index in [4.69, 9.17) is 14.6 Å². The van der Waals surface area contributed by atoms with Crippen LogP contribution < -0.4 is 0 Å². The fourth-order valence-electron chi connectivity index (χ4n) is 4.17. The van der Waals surface area contributed by atoms with E-state index in [9.17, 15) is 22.8 Å². The van der Waals surface area contributed by atoms with Gasteiger partial charge in [0.15, 0.2) is 5.78 Å². The molecule has 0 heterocycles.